The zero-order valence-electron chi connectivity index (χ0n) is 16.4. The van der Waals surface area contributed by atoms with Gasteiger partial charge in [-0.05, 0) is 57.8 Å². The van der Waals surface area contributed by atoms with E-state index in [1.165, 1.54) is 6.42 Å². The van der Waals surface area contributed by atoms with Crippen molar-refractivity contribution >= 4 is 12.0 Å². The Kier molecular flexibility index (Phi) is 4.88. The first kappa shape index (κ1) is 18.1. The molecule has 146 valence electrons. The number of likely N-dealkylation sites (tertiary alicyclic amines) is 1. The molecule has 3 saturated heterocycles. The summed E-state index contributed by atoms with van der Waals surface area (Å²) in [5.41, 5.74) is 0. The molecule has 1 saturated carbocycles. The van der Waals surface area contributed by atoms with Crippen LogP contribution in [0.25, 0.3) is 0 Å². The van der Waals surface area contributed by atoms with E-state index in [1.54, 1.807) is 0 Å². The van der Waals surface area contributed by atoms with Gasteiger partial charge in [0.25, 0.3) is 0 Å². The average Bonchev–Trinajstić information content (AvgIpc) is 3.12. The second-order valence-corrected chi connectivity index (χ2v) is 8.63. The molecule has 5 atom stereocenters. The molecule has 3 heterocycles. The van der Waals surface area contributed by atoms with Gasteiger partial charge >= 0.3 is 6.09 Å². The fraction of sp³-hybridized carbons (Fsp3) is 0.900. The summed E-state index contributed by atoms with van der Waals surface area (Å²) < 4.78 is 5.31. The molecule has 0 N–H and O–H groups in total. The van der Waals surface area contributed by atoms with E-state index >= 15 is 0 Å². The molecule has 4 aliphatic rings. The first-order valence-corrected chi connectivity index (χ1v) is 10.5. The molecule has 26 heavy (non-hydrogen) atoms. The standard InChI is InChI=1S/C20H33N3O3/c1-4-21(3)19(24)18-16-11-22(12-17(16)18)15-9-13-7-6-8-14(10-15)23(13)20(25)26-5-2/h13-18H,4-12H2,1-3H3/t13?,14?,15?,16-,17+,18+. The number of amides is 2. The van der Waals surface area contributed by atoms with Crippen LogP contribution in [0.5, 0.6) is 0 Å². The summed E-state index contributed by atoms with van der Waals surface area (Å²) in [6, 6.07) is 1.25. The Balaban J connectivity index is 1.35. The lowest BCUT2D eigenvalue weighted by Gasteiger charge is -2.50. The van der Waals surface area contributed by atoms with Gasteiger partial charge in [-0.1, -0.05) is 0 Å². The molecule has 4 fully saturated rings. The molecule has 6 nitrogen and oxygen atoms in total. The minimum absolute atomic E-state index is 0.113. The number of carbonyl (C=O) groups is 2. The monoisotopic (exact) mass is 363 g/mol. The van der Waals surface area contributed by atoms with E-state index in [4.69, 9.17) is 4.74 Å². The molecule has 2 unspecified atom stereocenters. The molecule has 4 rings (SSSR count). The number of carbonyl (C=O) groups excluding carboxylic acids is 2. The minimum Gasteiger partial charge on any atom is -0.450 e. The number of rotatable bonds is 4. The third-order valence-corrected chi connectivity index (χ3v) is 7.30. The minimum atomic E-state index is -0.113. The maximum Gasteiger partial charge on any atom is 0.410 e. The van der Waals surface area contributed by atoms with Crippen LogP contribution in [0.3, 0.4) is 0 Å². The summed E-state index contributed by atoms with van der Waals surface area (Å²) in [6.45, 7) is 7.32. The molecule has 0 radical (unpaired) electrons. The topological polar surface area (TPSA) is 53.1 Å². The second-order valence-electron chi connectivity index (χ2n) is 8.63. The Hall–Kier alpha value is -1.30. The molecule has 2 amide bonds. The fourth-order valence-corrected chi connectivity index (χ4v) is 5.78. The summed E-state index contributed by atoms with van der Waals surface area (Å²) in [6.07, 6.45) is 5.47. The quantitative estimate of drug-likeness (QED) is 0.768. The van der Waals surface area contributed by atoms with Gasteiger partial charge in [0.05, 0.1) is 6.61 Å². The lowest BCUT2D eigenvalue weighted by molar-refractivity contribution is -0.132. The molecular weight excluding hydrogens is 330 g/mol. The van der Waals surface area contributed by atoms with Gasteiger partial charge in [-0.15, -0.1) is 0 Å². The van der Waals surface area contributed by atoms with Crippen LogP contribution in [0.1, 0.15) is 46.0 Å². The number of nitrogens with zero attached hydrogens (tertiary/aromatic N) is 3. The van der Waals surface area contributed by atoms with Crippen molar-refractivity contribution in [3.63, 3.8) is 0 Å². The van der Waals surface area contributed by atoms with Gasteiger partial charge in [0, 0.05) is 50.7 Å². The Morgan fingerprint density at radius 2 is 1.65 bits per heavy atom. The third-order valence-electron chi connectivity index (χ3n) is 7.30. The van der Waals surface area contributed by atoms with E-state index in [0.717, 1.165) is 45.3 Å². The molecule has 1 aliphatic carbocycles. The first-order valence-electron chi connectivity index (χ1n) is 10.5. The maximum atomic E-state index is 12.4. The van der Waals surface area contributed by atoms with E-state index < -0.39 is 0 Å². The molecule has 0 spiro atoms. The van der Waals surface area contributed by atoms with Crippen molar-refractivity contribution in [1.29, 1.82) is 0 Å². The van der Waals surface area contributed by atoms with Crippen molar-refractivity contribution in [2.45, 2.75) is 64.1 Å². The van der Waals surface area contributed by atoms with Crippen molar-refractivity contribution in [3.05, 3.63) is 0 Å². The third kappa shape index (κ3) is 3.00. The number of hydrogen-bond donors (Lipinski definition) is 0. The van der Waals surface area contributed by atoms with Gasteiger partial charge in [-0.25, -0.2) is 4.79 Å². The molecular formula is C20H33N3O3. The van der Waals surface area contributed by atoms with Crippen molar-refractivity contribution in [3.8, 4) is 0 Å². The van der Waals surface area contributed by atoms with Crippen LogP contribution in [0, 0.1) is 17.8 Å². The number of fused-ring (bicyclic) bond motifs is 3. The van der Waals surface area contributed by atoms with Crippen molar-refractivity contribution in [2.24, 2.45) is 17.8 Å². The van der Waals surface area contributed by atoms with Crippen LogP contribution < -0.4 is 0 Å². The van der Waals surface area contributed by atoms with E-state index in [9.17, 15) is 9.59 Å². The van der Waals surface area contributed by atoms with Gasteiger partial charge in [0.2, 0.25) is 5.91 Å². The molecule has 0 aromatic heterocycles. The Labute approximate surface area is 156 Å². The normalized spacial score (nSPS) is 38.7. The highest BCUT2D eigenvalue weighted by atomic mass is 16.6. The zero-order chi connectivity index (χ0) is 18.4. The van der Waals surface area contributed by atoms with Gasteiger partial charge in [0.15, 0.2) is 0 Å². The number of piperidine rings is 3. The maximum absolute atomic E-state index is 12.4. The Bertz CT molecular complexity index is 543. The van der Waals surface area contributed by atoms with Crippen LogP contribution in [0.2, 0.25) is 0 Å². The van der Waals surface area contributed by atoms with Gasteiger partial charge in [-0.3, -0.25) is 9.69 Å². The number of hydrogen-bond acceptors (Lipinski definition) is 4. The van der Waals surface area contributed by atoms with Crippen LogP contribution in [0.15, 0.2) is 0 Å². The largest absolute Gasteiger partial charge is 0.450 e. The zero-order valence-corrected chi connectivity index (χ0v) is 16.4. The molecule has 2 bridgehead atoms. The molecule has 0 aromatic rings. The van der Waals surface area contributed by atoms with E-state index in [-0.39, 0.29) is 12.0 Å². The lowest BCUT2D eigenvalue weighted by Crippen LogP contribution is -2.59. The highest BCUT2D eigenvalue weighted by Crippen LogP contribution is 2.54. The van der Waals surface area contributed by atoms with Crippen LogP contribution >= 0.6 is 0 Å². The lowest BCUT2D eigenvalue weighted by atomic mass is 9.81. The summed E-state index contributed by atoms with van der Waals surface area (Å²) in [4.78, 5) is 31.3. The summed E-state index contributed by atoms with van der Waals surface area (Å²) in [5.74, 6) is 1.75. The highest BCUT2D eigenvalue weighted by molar-refractivity contribution is 5.82. The SMILES string of the molecule is CCOC(=O)N1C2CCCC1CC(N1C[C@@H]3[C@H](C1)[C@H]3C(=O)N(C)CC)C2. The van der Waals surface area contributed by atoms with Crippen molar-refractivity contribution in [1.82, 2.24) is 14.7 Å². The second kappa shape index (κ2) is 7.02. The van der Waals surface area contributed by atoms with E-state index in [1.807, 2.05) is 30.7 Å². The van der Waals surface area contributed by atoms with Gasteiger partial charge in [0.1, 0.15) is 0 Å². The Morgan fingerprint density at radius 3 is 2.19 bits per heavy atom. The van der Waals surface area contributed by atoms with E-state index in [0.29, 0.717) is 42.5 Å². The summed E-state index contributed by atoms with van der Waals surface area (Å²) >= 11 is 0. The average molecular weight is 364 g/mol. The first-order chi connectivity index (χ1) is 12.5. The van der Waals surface area contributed by atoms with Crippen LogP contribution in [-0.2, 0) is 9.53 Å². The van der Waals surface area contributed by atoms with E-state index in [2.05, 4.69) is 4.90 Å². The predicted molar refractivity (Wildman–Crippen MR) is 98.7 cm³/mol. The van der Waals surface area contributed by atoms with Crippen molar-refractivity contribution < 1.29 is 14.3 Å². The number of ether oxygens (including phenoxy) is 1. The van der Waals surface area contributed by atoms with Crippen LogP contribution in [-0.4, -0.2) is 78.1 Å². The predicted octanol–water partition coefficient (Wildman–Crippen LogP) is 2.18. The summed E-state index contributed by atoms with van der Waals surface area (Å²) in [7, 11) is 1.92. The van der Waals surface area contributed by atoms with Crippen molar-refractivity contribution in [2.75, 3.05) is 33.3 Å². The van der Waals surface area contributed by atoms with Crippen LogP contribution in [0.4, 0.5) is 4.79 Å². The summed E-state index contributed by atoms with van der Waals surface area (Å²) in [5, 5.41) is 0. The molecule has 0 aromatic carbocycles. The van der Waals surface area contributed by atoms with Gasteiger partial charge in [-0.2, -0.15) is 0 Å². The molecule has 3 aliphatic heterocycles. The van der Waals surface area contributed by atoms with Gasteiger partial charge < -0.3 is 14.5 Å². The smallest absolute Gasteiger partial charge is 0.410 e. The highest BCUT2D eigenvalue weighted by Gasteiger charge is 2.61. The Morgan fingerprint density at radius 1 is 1.04 bits per heavy atom. The fourth-order valence-electron chi connectivity index (χ4n) is 5.78. The molecule has 6 heteroatoms.